The van der Waals surface area contributed by atoms with Crippen LogP contribution in [0.5, 0.6) is 0 Å². The van der Waals surface area contributed by atoms with E-state index in [4.69, 9.17) is 0 Å². The molecule has 106 valence electrons. The van der Waals surface area contributed by atoms with Gasteiger partial charge in [0.15, 0.2) is 0 Å². The van der Waals surface area contributed by atoms with Crippen LogP contribution in [0.1, 0.15) is 25.3 Å². The van der Waals surface area contributed by atoms with Crippen molar-refractivity contribution in [3.05, 3.63) is 66.1 Å². The van der Waals surface area contributed by atoms with Gasteiger partial charge >= 0.3 is 0 Å². The zero-order valence-corrected chi connectivity index (χ0v) is 12.1. The maximum atomic E-state index is 14.1. The lowest BCUT2D eigenvalue weighted by molar-refractivity contribution is 0.631. The van der Waals surface area contributed by atoms with Crippen LogP contribution in [0.25, 0.3) is 22.0 Å². The third-order valence-corrected chi connectivity index (χ3v) is 3.79. The quantitative estimate of drug-likeness (QED) is 0.624. The SMILES string of the molecule is CCCCc1ccc2nccc(-c3ccccc3F)c2c1. The van der Waals surface area contributed by atoms with Gasteiger partial charge < -0.3 is 0 Å². The molecule has 0 saturated carbocycles. The van der Waals surface area contributed by atoms with E-state index in [0.717, 1.165) is 22.9 Å². The van der Waals surface area contributed by atoms with Gasteiger partial charge in [-0.05, 0) is 48.2 Å². The van der Waals surface area contributed by atoms with E-state index < -0.39 is 0 Å². The summed E-state index contributed by atoms with van der Waals surface area (Å²) in [7, 11) is 0. The van der Waals surface area contributed by atoms with Crippen LogP contribution in [-0.4, -0.2) is 4.98 Å². The molecule has 2 heteroatoms. The Morgan fingerprint density at radius 3 is 2.67 bits per heavy atom. The standard InChI is InChI=1S/C19H18FN/c1-2-3-6-14-9-10-19-17(13-14)15(11-12-21-19)16-7-4-5-8-18(16)20/h4-5,7-13H,2-3,6H2,1H3. The largest absolute Gasteiger partial charge is 0.256 e. The molecule has 0 spiro atoms. The Balaban J connectivity index is 2.16. The molecule has 3 rings (SSSR count). The average molecular weight is 279 g/mol. The van der Waals surface area contributed by atoms with Crippen molar-refractivity contribution in [3.8, 4) is 11.1 Å². The van der Waals surface area contributed by atoms with Gasteiger partial charge in [-0.3, -0.25) is 4.98 Å². The Labute approximate surface area is 124 Å². The van der Waals surface area contributed by atoms with Gasteiger partial charge in [-0.25, -0.2) is 4.39 Å². The zero-order chi connectivity index (χ0) is 14.7. The molecule has 1 heterocycles. The van der Waals surface area contributed by atoms with Crippen LogP contribution >= 0.6 is 0 Å². The smallest absolute Gasteiger partial charge is 0.131 e. The summed E-state index contributed by atoms with van der Waals surface area (Å²) >= 11 is 0. The average Bonchev–Trinajstić information content (AvgIpc) is 2.53. The van der Waals surface area contributed by atoms with Crippen molar-refractivity contribution in [2.45, 2.75) is 26.2 Å². The lowest BCUT2D eigenvalue weighted by Crippen LogP contribution is -1.90. The Morgan fingerprint density at radius 1 is 1.00 bits per heavy atom. The molecule has 0 N–H and O–H groups in total. The van der Waals surface area contributed by atoms with Gasteiger partial charge in [0.05, 0.1) is 5.52 Å². The predicted molar refractivity (Wildman–Crippen MR) is 85.7 cm³/mol. The molecule has 0 atom stereocenters. The molecule has 0 unspecified atom stereocenters. The zero-order valence-electron chi connectivity index (χ0n) is 12.1. The van der Waals surface area contributed by atoms with Gasteiger partial charge in [0.25, 0.3) is 0 Å². The molecule has 0 saturated heterocycles. The number of pyridine rings is 1. The van der Waals surface area contributed by atoms with E-state index in [1.807, 2.05) is 24.3 Å². The number of unbranched alkanes of at least 4 members (excludes halogenated alkanes) is 1. The molecule has 0 amide bonds. The Bertz CT molecular complexity index is 764. The summed E-state index contributed by atoms with van der Waals surface area (Å²) in [5.74, 6) is -0.191. The number of hydrogen-bond acceptors (Lipinski definition) is 1. The van der Waals surface area contributed by atoms with Crippen molar-refractivity contribution in [1.82, 2.24) is 4.98 Å². The highest BCUT2D eigenvalue weighted by Crippen LogP contribution is 2.30. The number of rotatable bonds is 4. The first kappa shape index (κ1) is 13.7. The van der Waals surface area contributed by atoms with Crippen molar-refractivity contribution in [2.75, 3.05) is 0 Å². The fraction of sp³-hybridized carbons (Fsp3) is 0.211. The van der Waals surface area contributed by atoms with Crippen molar-refractivity contribution < 1.29 is 4.39 Å². The fourth-order valence-corrected chi connectivity index (χ4v) is 2.64. The molecule has 0 aliphatic carbocycles. The van der Waals surface area contributed by atoms with E-state index in [9.17, 15) is 4.39 Å². The summed E-state index contributed by atoms with van der Waals surface area (Å²) in [6, 6.07) is 15.1. The van der Waals surface area contributed by atoms with Crippen molar-refractivity contribution >= 4 is 10.9 Å². The minimum atomic E-state index is -0.191. The van der Waals surface area contributed by atoms with E-state index in [0.29, 0.717) is 5.56 Å². The first-order chi connectivity index (χ1) is 10.3. The maximum Gasteiger partial charge on any atom is 0.131 e. The van der Waals surface area contributed by atoms with Crippen LogP contribution in [0.15, 0.2) is 54.7 Å². The second-order valence-corrected chi connectivity index (χ2v) is 5.29. The summed E-state index contributed by atoms with van der Waals surface area (Å²) in [6.45, 7) is 2.19. The minimum absolute atomic E-state index is 0.191. The number of fused-ring (bicyclic) bond motifs is 1. The van der Waals surface area contributed by atoms with E-state index >= 15 is 0 Å². The Hall–Kier alpha value is -2.22. The number of aryl methyl sites for hydroxylation is 1. The second-order valence-electron chi connectivity index (χ2n) is 5.29. The third-order valence-electron chi connectivity index (χ3n) is 3.79. The molecule has 0 fully saturated rings. The lowest BCUT2D eigenvalue weighted by Gasteiger charge is -2.09. The molecule has 0 aliphatic rings. The number of benzene rings is 2. The van der Waals surface area contributed by atoms with Crippen LogP contribution in [0, 0.1) is 5.82 Å². The fourth-order valence-electron chi connectivity index (χ4n) is 2.64. The molecule has 0 radical (unpaired) electrons. The van der Waals surface area contributed by atoms with Crippen molar-refractivity contribution in [3.63, 3.8) is 0 Å². The summed E-state index contributed by atoms with van der Waals surface area (Å²) in [6.07, 6.45) is 5.14. The molecule has 2 aromatic carbocycles. The maximum absolute atomic E-state index is 14.1. The summed E-state index contributed by atoms with van der Waals surface area (Å²) in [5, 5.41) is 1.02. The van der Waals surface area contributed by atoms with Gasteiger partial charge in [0.1, 0.15) is 5.82 Å². The van der Waals surface area contributed by atoms with Crippen molar-refractivity contribution in [2.24, 2.45) is 0 Å². The molecule has 1 nitrogen and oxygen atoms in total. The van der Waals surface area contributed by atoms with Crippen LogP contribution in [0.2, 0.25) is 0 Å². The van der Waals surface area contributed by atoms with Crippen LogP contribution in [0.3, 0.4) is 0 Å². The van der Waals surface area contributed by atoms with E-state index in [1.54, 1.807) is 12.3 Å². The summed E-state index contributed by atoms with van der Waals surface area (Å²) in [4.78, 5) is 4.40. The van der Waals surface area contributed by atoms with Gasteiger partial charge in [0, 0.05) is 17.1 Å². The Morgan fingerprint density at radius 2 is 1.86 bits per heavy atom. The van der Waals surface area contributed by atoms with E-state index in [1.165, 1.54) is 24.5 Å². The van der Waals surface area contributed by atoms with Gasteiger partial charge in [0.2, 0.25) is 0 Å². The van der Waals surface area contributed by atoms with Crippen LogP contribution in [-0.2, 0) is 6.42 Å². The first-order valence-electron chi connectivity index (χ1n) is 7.42. The third kappa shape index (κ3) is 2.80. The van der Waals surface area contributed by atoms with E-state index in [-0.39, 0.29) is 5.82 Å². The van der Waals surface area contributed by atoms with Gasteiger partial charge in [-0.15, -0.1) is 0 Å². The first-order valence-corrected chi connectivity index (χ1v) is 7.42. The molecule has 3 aromatic rings. The topological polar surface area (TPSA) is 12.9 Å². The highest BCUT2D eigenvalue weighted by atomic mass is 19.1. The Kier molecular flexibility index (Phi) is 3.96. The van der Waals surface area contributed by atoms with Crippen LogP contribution < -0.4 is 0 Å². The van der Waals surface area contributed by atoms with Crippen LogP contribution in [0.4, 0.5) is 4.39 Å². The number of nitrogens with zero attached hydrogens (tertiary/aromatic N) is 1. The second kappa shape index (κ2) is 6.04. The highest BCUT2D eigenvalue weighted by Gasteiger charge is 2.09. The predicted octanol–water partition coefficient (Wildman–Crippen LogP) is 5.38. The molecule has 21 heavy (non-hydrogen) atoms. The number of halogens is 1. The monoisotopic (exact) mass is 279 g/mol. The molecule has 1 aromatic heterocycles. The van der Waals surface area contributed by atoms with Crippen molar-refractivity contribution in [1.29, 1.82) is 0 Å². The number of aromatic nitrogens is 1. The van der Waals surface area contributed by atoms with E-state index in [2.05, 4.69) is 24.0 Å². The van der Waals surface area contributed by atoms with Gasteiger partial charge in [-0.1, -0.05) is 37.6 Å². The molecular weight excluding hydrogens is 261 g/mol. The molecular formula is C19H18FN. The number of hydrogen-bond donors (Lipinski definition) is 0. The molecule has 0 bridgehead atoms. The summed E-state index contributed by atoms with van der Waals surface area (Å²) in [5.41, 5.74) is 3.75. The lowest BCUT2D eigenvalue weighted by atomic mass is 9.98. The van der Waals surface area contributed by atoms with Gasteiger partial charge in [-0.2, -0.15) is 0 Å². The normalized spacial score (nSPS) is 11.0. The molecule has 0 aliphatic heterocycles. The minimum Gasteiger partial charge on any atom is -0.256 e. The summed E-state index contributed by atoms with van der Waals surface area (Å²) < 4.78 is 14.1. The highest BCUT2D eigenvalue weighted by molar-refractivity contribution is 5.94.